The highest BCUT2D eigenvalue weighted by Gasteiger charge is 2.30. The highest BCUT2D eigenvalue weighted by atomic mass is 35.5. The van der Waals surface area contributed by atoms with E-state index in [1.54, 1.807) is 0 Å². The van der Waals surface area contributed by atoms with Crippen LogP contribution in [-0.2, 0) is 6.54 Å². The Kier molecular flexibility index (Phi) is 4.47. The van der Waals surface area contributed by atoms with E-state index >= 15 is 0 Å². The maximum absolute atomic E-state index is 9.52. The number of rotatable bonds is 4. The Hall–Kier alpha value is -1.43. The van der Waals surface area contributed by atoms with E-state index in [2.05, 4.69) is 22.0 Å². The first-order valence-electron chi connectivity index (χ1n) is 7.49. The zero-order valence-electron chi connectivity index (χ0n) is 12.6. The Morgan fingerprint density at radius 2 is 2.27 bits per heavy atom. The first-order valence-corrected chi connectivity index (χ1v) is 7.87. The number of likely N-dealkylation sites (tertiary alicyclic amines) is 1. The molecule has 1 fully saturated rings. The molecule has 0 saturated carbocycles. The number of aliphatic hydroxyl groups excluding tert-OH is 1. The maximum atomic E-state index is 9.52. The molecule has 0 radical (unpaired) electrons. The van der Waals surface area contributed by atoms with E-state index in [9.17, 15) is 5.11 Å². The molecule has 2 aromatic rings. The van der Waals surface area contributed by atoms with Crippen molar-refractivity contribution in [2.45, 2.75) is 26.3 Å². The summed E-state index contributed by atoms with van der Waals surface area (Å²) < 4.78 is 5.74. The molecule has 1 atom stereocenters. The Labute approximate surface area is 134 Å². The Morgan fingerprint density at radius 3 is 3.05 bits per heavy atom. The van der Waals surface area contributed by atoms with Crippen molar-refractivity contribution in [3.05, 3.63) is 35.2 Å². The Balaban J connectivity index is 1.69. The molecule has 0 aliphatic carbocycles. The van der Waals surface area contributed by atoms with Gasteiger partial charge in [0.2, 0.25) is 11.8 Å². The van der Waals surface area contributed by atoms with Crippen LogP contribution in [0.15, 0.2) is 28.7 Å². The summed E-state index contributed by atoms with van der Waals surface area (Å²) in [6, 6.07) is 7.38. The number of hydrogen-bond donors (Lipinski definition) is 1. The standard InChI is InChI=1S/C16H20ClN3O2/c1-16(11-21)6-3-7-20(10-16)9-14-18-19-15(22-14)12-4-2-5-13(17)8-12/h2,4-5,8,21H,3,6-7,9-11H2,1H3. The summed E-state index contributed by atoms with van der Waals surface area (Å²) in [5.74, 6) is 1.08. The average molecular weight is 322 g/mol. The minimum Gasteiger partial charge on any atom is -0.419 e. The van der Waals surface area contributed by atoms with E-state index in [1.165, 1.54) is 0 Å². The number of nitrogens with zero attached hydrogens (tertiary/aromatic N) is 3. The van der Waals surface area contributed by atoms with Gasteiger partial charge in [-0.3, -0.25) is 4.90 Å². The van der Waals surface area contributed by atoms with Crippen LogP contribution in [0.2, 0.25) is 5.02 Å². The predicted molar refractivity (Wildman–Crippen MR) is 84.4 cm³/mol. The lowest BCUT2D eigenvalue weighted by molar-refractivity contribution is 0.0392. The third-order valence-corrected chi connectivity index (χ3v) is 4.37. The molecule has 1 N–H and O–H groups in total. The van der Waals surface area contributed by atoms with Gasteiger partial charge in [0.05, 0.1) is 6.54 Å². The maximum Gasteiger partial charge on any atom is 0.247 e. The van der Waals surface area contributed by atoms with Crippen LogP contribution in [-0.4, -0.2) is 39.9 Å². The summed E-state index contributed by atoms with van der Waals surface area (Å²) in [6.07, 6.45) is 2.13. The fourth-order valence-corrected chi connectivity index (χ4v) is 3.13. The molecule has 0 spiro atoms. The van der Waals surface area contributed by atoms with Crippen LogP contribution < -0.4 is 0 Å². The van der Waals surface area contributed by atoms with Crippen LogP contribution in [0, 0.1) is 5.41 Å². The van der Waals surface area contributed by atoms with Gasteiger partial charge in [0.15, 0.2) is 0 Å². The molecule has 118 valence electrons. The van der Waals surface area contributed by atoms with Gasteiger partial charge >= 0.3 is 0 Å². The smallest absolute Gasteiger partial charge is 0.247 e. The van der Waals surface area contributed by atoms with Gasteiger partial charge in [0.25, 0.3) is 0 Å². The van der Waals surface area contributed by atoms with Crippen molar-refractivity contribution < 1.29 is 9.52 Å². The van der Waals surface area contributed by atoms with Gasteiger partial charge in [-0.15, -0.1) is 10.2 Å². The largest absolute Gasteiger partial charge is 0.419 e. The normalized spacial score (nSPS) is 22.9. The molecule has 1 aromatic carbocycles. The van der Waals surface area contributed by atoms with E-state index in [4.69, 9.17) is 16.0 Å². The lowest BCUT2D eigenvalue weighted by Gasteiger charge is -2.38. The number of halogens is 1. The lowest BCUT2D eigenvalue weighted by atomic mass is 9.83. The second-order valence-electron chi connectivity index (χ2n) is 6.29. The molecular weight excluding hydrogens is 302 g/mol. The highest BCUT2D eigenvalue weighted by Crippen LogP contribution is 2.29. The Morgan fingerprint density at radius 1 is 1.41 bits per heavy atom. The lowest BCUT2D eigenvalue weighted by Crippen LogP contribution is -2.43. The molecule has 5 nitrogen and oxygen atoms in total. The summed E-state index contributed by atoms with van der Waals surface area (Å²) in [4.78, 5) is 2.26. The molecule has 1 aromatic heterocycles. The molecule has 2 heterocycles. The van der Waals surface area contributed by atoms with Crippen LogP contribution in [0.3, 0.4) is 0 Å². The van der Waals surface area contributed by atoms with Gasteiger partial charge in [0.1, 0.15) is 0 Å². The van der Waals surface area contributed by atoms with E-state index < -0.39 is 0 Å². The van der Waals surface area contributed by atoms with Gasteiger partial charge in [-0.2, -0.15) is 0 Å². The topological polar surface area (TPSA) is 62.4 Å². The number of benzene rings is 1. The number of hydrogen-bond acceptors (Lipinski definition) is 5. The zero-order chi connectivity index (χ0) is 15.6. The second-order valence-corrected chi connectivity index (χ2v) is 6.73. The fraction of sp³-hybridized carbons (Fsp3) is 0.500. The van der Waals surface area contributed by atoms with Crippen LogP contribution >= 0.6 is 11.6 Å². The van der Waals surface area contributed by atoms with Crippen molar-refractivity contribution in [1.82, 2.24) is 15.1 Å². The monoisotopic (exact) mass is 321 g/mol. The highest BCUT2D eigenvalue weighted by molar-refractivity contribution is 6.30. The van der Waals surface area contributed by atoms with Crippen LogP contribution in [0.4, 0.5) is 0 Å². The van der Waals surface area contributed by atoms with Crippen LogP contribution in [0.25, 0.3) is 11.5 Å². The molecule has 6 heteroatoms. The molecule has 22 heavy (non-hydrogen) atoms. The van der Waals surface area contributed by atoms with Gasteiger partial charge in [-0.1, -0.05) is 24.6 Å². The molecule has 1 unspecified atom stereocenters. The molecule has 0 bridgehead atoms. The van der Waals surface area contributed by atoms with E-state index in [0.717, 1.165) is 31.5 Å². The molecule has 3 rings (SSSR count). The minimum absolute atomic E-state index is 0.0337. The van der Waals surface area contributed by atoms with Crippen molar-refractivity contribution in [1.29, 1.82) is 0 Å². The third-order valence-electron chi connectivity index (χ3n) is 4.14. The van der Waals surface area contributed by atoms with Crippen molar-refractivity contribution in [2.75, 3.05) is 19.7 Å². The molecule has 1 saturated heterocycles. The van der Waals surface area contributed by atoms with Gasteiger partial charge < -0.3 is 9.52 Å². The first-order chi connectivity index (χ1) is 10.6. The molecule has 0 amide bonds. The first kappa shape index (κ1) is 15.5. The summed E-state index contributed by atoms with van der Waals surface area (Å²) in [5.41, 5.74) is 0.790. The SMILES string of the molecule is CC1(CO)CCCN(Cc2nnc(-c3cccc(Cl)c3)o2)C1. The van der Waals surface area contributed by atoms with E-state index in [1.807, 2.05) is 24.3 Å². The summed E-state index contributed by atoms with van der Waals surface area (Å²) >= 11 is 5.98. The summed E-state index contributed by atoms with van der Waals surface area (Å²) in [5, 5.41) is 18.4. The Bertz CT molecular complexity index is 646. The zero-order valence-corrected chi connectivity index (χ0v) is 13.4. The van der Waals surface area contributed by atoms with Crippen molar-refractivity contribution in [3.63, 3.8) is 0 Å². The van der Waals surface area contributed by atoms with E-state index in [0.29, 0.717) is 23.3 Å². The van der Waals surface area contributed by atoms with E-state index in [-0.39, 0.29) is 12.0 Å². The summed E-state index contributed by atoms with van der Waals surface area (Å²) in [7, 11) is 0. The second kappa shape index (κ2) is 6.36. The van der Waals surface area contributed by atoms with Crippen LogP contribution in [0.5, 0.6) is 0 Å². The number of aliphatic hydroxyl groups is 1. The van der Waals surface area contributed by atoms with Crippen molar-refractivity contribution >= 4 is 11.6 Å². The molecule has 1 aliphatic heterocycles. The average Bonchev–Trinajstić information content (AvgIpc) is 2.96. The minimum atomic E-state index is -0.0337. The fourth-order valence-electron chi connectivity index (χ4n) is 2.94. The van der Waals surface area contributed by atoms with Crippen molar-refractivity contribution in [3.8, 4) is 11.5 Å². The number of piperidine rings is 1. The predicted octanol–water partition coefficient (Wildman–Crippen LogP) is 2.98. The quantitative estimate of drug-likeness (QED) is 0.938. The van der Waals surface area contributed by atoms with Crippen LogP contribution in [0.1, 0.15) is 25.7 Å². The summed E-state index contributed by atoms with van der Waals surface area (Å²) in [6.45, 7) is 4.78. The molecular formula is C16H20ClN3O2. The van der Waals surface area contributed by atoms with Crippen molar-refractivity contribution in [2.24, 2.45) is 5.41 Å². The van der Waals surface area contributed by atoms with Gasteiger partial charge in [0, 0.05) is 29.2 Å². The van der Waals surface area contributed by atoms with Gasteiger partial charge in [-0.05, 0) is 37.6 Å². The van der Waals surface area contributed by atoms with Gasteiger partial charge in [-0.25, -0.2) is 0 Å². The number of aromatic nitrogens is 2. The third kappa shape index (κ3) is 3.48. The molecule has 1 aliphatic rings.